The lowest BCUT2D eigenvalue weighted by atomic mass is 9.87. The topological polar surface area (TPSA) is 77.0 Å². The SMILES string of the molecule is CC1CCC(N(C)C(=O)CSc2nnc(-c3ccccc3Br)n2N)CC1. The molecule has 1 saturated carbocycles. The number of benzene rings is 1. The molecule has 0 aliphatic heterocycles. The summed E-state index contributed by atoms with van der Waals surface area (Å²) in [6, 6.07) is 8.06. The molecular weight excluding hydrogens is 414 g/mol. The molecule has 2 N–H and O–H groups in total. The lowest BCUT2D eigenvalue weighted by molar-refractivity contribution is -0.129. The van der Waals surface area contributed by atoms with Gasteiger partial charge in [-0.25, -0.2) is 4.68 Å². The molecule has 0 atom stereocenters. The summed E-state index contributed by atoms with van der Waals surface area (Å²) in [6.07, 6.45) is 4.57. The van der Waals surface area contributed by atoms with Crippen molar-refractivity contribution in [3.8, 4) is 11.4 Å². The fraction of sp³-hybridized carbons (Fsp3) is 0.500. The van der Waals surface area contributed by atoms with Crippen LogP contribution in [-0.4, -0.2) is 44.5 Å². The van der Waals surface area contributed by atoms with Gasteiger partial charge in [-0.15, -0.1) is 10.2 Å². The van der Waals surface area contributed by atoms with Crippen molar-refractivity contribution >= 4 is 33.6 Å². The quantitative estimate of drug-likeness (QED) is 0.571. The molecule has 1 fully saturated rings. The highest BCUT2D eigenvalue weighted by Gasteiger charge is 2.25. The van der Waals surface area contributed by atoms with Crippen molar-refractivity contribution in [2.24, 2.45) is 5.92 Å². The van der Waals surface area contributed by atoms with Crippen molar-refractivity contribution in [1.29, 1.82) is 0 Å². The zero-order valence-corrected chi connectivity index (χ0v) is 17.5. The summed E-state index contributed by atoms with van der Waals surface area (Å²) in [5.74, 6) is 7.92. The monoisotopic (exact) mass is 437 g/mol. The van der Waals surface area contributed by atoms with Crippen LogP contribution >= 0.6 is 27.7 Å². The smallest absolute Gasteiger partial charge is 0.233 e. The fourth-order valence-corrected chi connectivity index (χ4v) is 4.51. The lowest BCUT2D eigenvalue weighted by Gasteiger charge is -2.33. The van der Waals surface area contributed by atoms with Crippen LogP contribution in [0.4, 0.5) is 0 Å². The number of thioether (sulfide) groups is 1. The normalized spacial score (nSPS) is 20.1. The summed E-state index contributed by atoms with van der Waals surface area (Å²) < 4.78 is 2.35. The zero-order valence-electron chi connectivity index (χ0n) is 15.1. The number of carbonyl (C=O) groups is 1. The third kappa shape index (κ3) is 4.23. The zero-order chi connectivity index (χ0) is 18.7. The summed E-state index contributed by atoms with van der Waals surface area (Å²) in [6.45, 7) is 2.28. The van der Waals surface area contributed by atoms with E-state index in [-0.39, 0.29) is 5.91 Å². The minimum atomic E-state index is 0.111. The Hall–Kier alpha value is -1.54. The number of nitrogens with two attached hydrogens (primary N) is 1. The van der Waals surface area contributed by atoms with Crippen LogP contribution in [0.25, 0.3) is 11.4 Å². The second kappa shape index (κ2) is 8.43. The molecule has 1 aliphatic carbocycles. The number of amides is 1. The minimum absolute atomic E-state index is 0.111. The Kier molecular flexibility index (Phi) is 6.24. The van der Waals surface area contributed by atoms with E-state index >= 15 is 0 Å². The Morgan fingerprint density at radius 2 is 2.00 bits per heavy atom. The van der Waals surface area contributed by atoms with Gasteiger partial charge in [0.1, 0.15) is 0 Å². The first kappa shape index (κ1) is 19.2. The van der Waals surface area contributed by atoms with Crippen LogP contribution in [0.5, 0.6) is 0 Å². The van der Waals surface area contributed by atoms with E-state index in [9.17, 15) is 4.79 Å². The number of halogens is 1. The lowest BCUT2D eigenvalue weighted by Crippen LogP contribution is -2.40. The third-order valence-corrected chi connectivity index (χ3v) is 6.65. The second-order valence-corrected chi connectivity index (χ2v) is 8.66. The summed E-state index contributed by atoms with van der Waals surface area (Å²) in [5.41, 5.74) is 0.870. The number of nitrogens with zero attached hydrogens (tertiary/aromatic N) is 4. The maximum absolute atomic E-state index is 12.5. The molecule has 8 heteroatoms. The third-order valence-electron chi connectivity index (χ3n) is 5.03. The largest absolute Gasteiger partial charge is 0.342 e. The van der Waals surface area contributed by atoms with Gasteiger partial charge in [0.2, 0.25) is 11.1 Å². The molecule has 0 unspecified atom stereocenters. The minimum Gasteiger partial charge on any atom is -0.342 e. The van der Waals surface area contributed by atoms with E-state index in [0.29, 0.717) is 22.8 Å². The van der Waals surface area contributed by atoms with E-state index in [1.807, 2.05) is 36.2 Å². The maximum Gasteiger partial charge on any atom is 0.233 e. The van der Waals surface area contributed by atoms with Crippen LogP contribution in [-0.2, 0) is 4.79 Å². The van der Waals surface area contributed by atoms with Gasteiger partial charge in [-0.3, -0.25) is 4.79 Å². The Labute approximate surface area is 166 Å². The average molecular weight is 438 g/mol. The summed E-state index contributed by atoms with van der Waals surface area (Å²) >= 11 is 4.83. The van der Waals surface area contributed by atoms with Gasteiger partial charge in [0.25, 0.3) is 0 Å². The van der Waals surface area contributed by atoms with Crippen LogP contribution in [0.1, 0.15) is 32.6 Å². The van der Waals surface area contributed by atoms with E-state index in [4.69, 9.17) is 5.84 Å². The highest BCUT2D eigenvalue weighted by molar-refractivity contribution is 9.10. The van der Waals surface area contributed by atoms with E-state index in [0.717, 1.165) is 28.8 Å². The van der Waals surface area contributed by atoms with Gasteiger partial charge in [0.15, 0.2) is 5.82 Å². The molecular formula is C18H24BrN5OS. The van der Waals surface area contributed by atoms with E-state index in [1.54, 1.807) is 0 Å². The van der Waals surface area contributed by atoms with Crippen molar-refractivity contribution in [3.05, 3.63) is 28.7 Å². The van der Waals surface area contributed by atoms with Crippen molar-refractivity contribution in [2.75, 3.05) is 18.6 Å². The van der Waals surface area contributed by atoms with Crippen LogP contribution in [0.3, 0.4) is 0 Å². The molecule has 3 rings (SSSR count). The Bertz CT molecular complexity index is 773. The Morgan fingerprint density at radius 1 is 1.31 bits per heavy atom. The molecule has 0 saturated heterocycles. The van der Waals surface area contributed by atoms with Crippen LogP contribution in [0.2, 0.25) is 0 Å². The van der Waals surface area contributed by atoms with Crippen molar-refractivity contribution in [1.82, 2.24) is 19.8 Å². The number of carbonyl (C=O) groups excluding carboxylic acids is 1. The predicted molar refractivity (Wildman–Crippen MR) is 108 cm³/mol. The van der Waals surface area contributed by atoms with E-state index in [2.05, 4.69) is 33.1 Å². The molecule has 0 bridgehead atoms. The summed E-state index contributed by atoms with van der Waals surface area (Å²) in [7, 11) is 1.91. The van der Waals surface area contributed by atoms with Gasteiger partial charge in [0, 0.05) is 23.1 Å². The van der Waals surface area contributed by atoms with E-state index < -0.39 is 0 Å². The van der Waals surface area contributed by atoms with Gasteiger partial charge in [-0.1, -0.05) is 46.7 Å². The maximum atomic E-state index is 12.5. The molecule has 1 amide bonds. The van der Waals surface area contributed by atoms with Crippen molar-refractivity contribution in [3.63, 3.8) is 0 Å². The molecule has 1 aromatic carbocycles. The predicted octanol–water partition coefficient (Wildman–Crippen LogP) is 3.55. The van der Waals surface area contributed by atoms with Gasteiger partial charge in [-0.05, 0) is 43.7 Å². The molecule has 26 heavy (non-hydrogen) atoms. The van der Waals surface area contributed by atoms with Crippen LogP contribution in [0, 0.1) is 5.92 Å². The molecule has 1 aliphatic rings. The van der Waals surface area contributed by atoms with Crippen LogP contribution < -0.4 is 5.84 Å². The Balaban J connectivity index is 1.62. The number of aromatic nitrogens is 3. The first-order chi connectivity index (χ1) is 12.5. The van der Waals surface area contributed by atoms with Gasteiger partial charge >= 0.3 is 0 Å². The number of rotatable bonds is 5. The fourth-order valence-electron chi connectivity index (χ4n) is 3.26. The molecule has 0 radical (unpaired) electrons. The van der Waals surface area contributed by atoms with Gasteiger partial charge in [-0.2, -0.15) is 0 Å². The van der Waals surface area contributed by atoms with Crippen molar-refractivity contribution in [2.45, 2.75) is 43.8 Å². The molecule has 6 nitrogen and oxygen atoms in total. The first-order valence-electron chi connectivity index (χ1n) is 8.81. The van der Waals surface area contributed by atoms with Gasteiger partial charge < -0.3 is 10.7 Å². The molecule has 140 valence electrons. The number of hydrogen-bond acceptors (Lipinski definition) is 5. The average Bonchev–Trinajstić information content (AvgIpc) is 3.00. The highest BCUT2D eigenvalue weighted by atomic mass is 79.9. The summed E-state index contributed by atoms with van der Waals surface area (Å²) in [5, 5.41) is 8.86. The van der Waals surface area contributed by atoms with Gasteiger partial charge in [0.05, 0.1) is 5.75 Å². The number of hydrogen-bond donors (Lipinski definition) is 1. The molecule has 1 heterocycles. The molecule has 2 aromatic rings. The standard InChI is InChI=1S/C18H24BrN5OS/c1-12-7-9-13(10-8-12)23(2)16(25)11-26-18-22-21-17(24(18)20)14-5-3-4-6-15(14)19/h3-6,12-13H,7-11,20H2,1-2H3. The molecule has 1 aromatic heterocycles. The van der Waals surface area contributed by atoms with Crippen molar-refractivity contribution < 1.29 is 4.79 Å². The second-order valence-electron chi connectivity index (χ2n) is 6.86. The number of nitrogen functional groups attached to an aromatic ring is 1. The molecule has 0 spiro atoms. The van der Waals surface area contributed by atoms with E-state index in [1.165, 1.54) is 29.3 Å². The van der Waals surface area contributed by atoms with Crippen LogP contribution in [0.15, 0.2) is 33.9 Å². The summed E-state index contributed by atoms with van der Waals surface area (Å²) in [4.78, 5) is 14.4. The Morgan fingerprint density at radius 3 is 2.69 bits per heavy atom. The first-order valence-corrected chi connectivity index (χ1v) is 10.6. The highest BCUT2D eigenvalue weighted by Crippen LogP contribution is 2.29.